The molecule has 1 heterocycles. The van der Waals surface area contributed by atoms with Gasteiger partial charge in [-0.25, -0.2) is 4.79 Å². The number of likely N-dealkylation sites (tertiary alicyclic amines) is 1. The first-order valence-corrected chi connectivity index (χ1v) is 16.5. The highest BCUT2D eigenvalue weighted by Crippen LogP contribution is 2.27. The molecule has 0 unspecified atom stereocenters. The fraction of sp³-hybridized carbons (Fsp3) is 0.576. The van der Waals surface area contributed by atoms with Crippen molar-refractivity contribution in [3.63, 3.8) is 0 Å². The summed E-state index contributed by atoms with van der Waals surface area (Å²) in [5.74, 6) is -0.0306. The van der Waals surface area contributed by atoms with Crippen LogP contribution in [-0.2, 0) is 34.9 Å². The average molecular weight is 684 g/mol. The molecule has 0 spiro atoms. The van der Waals surface area contributed by atoms with E-state index in [0.29, 0.717) is 88.3 Å². The maximum atomic E-state index is 13.4. The van der Waals surface area contributed by atoms with Crippen LogP contribution in [0.3, 0.4) is 0 Å². The Balaban J connectivity index is 1.39. The third kappa shape index (κ3) is 14.5. The molecule has 46 heavy (non-hydrogen) atoms. The fourth-order valence-corrected chi connectivity index (χ4v) is 5.24. The van der Waals surface area contributed by atoms with E-state index in [1.165, 1.54) is 0 Å². The number of rotatable bonds is 22. The van der Waals surface area contributed by atoms with Crippen LogP contribution in [0, 0.1) is 0 Å². The summed E-state index contributed by atoms with van der Waals surface area (Å²) in [4.78, 5) is 30.1. The van der Waals surface area contributed by atoms with Gasteiger partial charge in [0.05, 0.1) is 82.0 Å². The lowest BCUT2D eigenvalue weighted by atomic mass is 10.0. The monoisotopic (exact) mass is 682 g/mol. The Bertz CT molecular complexity index is 1190. The Hall–Kier alpha value is -2.48. The molecule has 0 aromatic heterocycles. The zero-order valence-electron chi connectivity index (χ0n) is 26.9. The van der Waals surface area contributed by atoms with Crippen LogP contribution >= 0.6 is 23.2 Å². The highest BCUT2D eigenvalue weighted by Gasteiger charge is 2.26. The number of methoxy groups -OCH3 is 1. The predicted molar refractivity (Wildman–Crippen MR) is 180 cm³/mol. The number of hydrogen-bond donors (Lipinski definition) is 2. The van der Waals surface area contributed by atoms with Gasteiger partial charge in [0, 0.05) is 32.9 Å². The van der Waals surface area contributed by atoms with Crippen LogP contribution in [0.2, 0.25) is 10.0 Å². The maximum Gasteiger partial charge on any atom is 0.319 e. The summed E-state index contributed by atoms with van der Waals surface area (Å²) in [5.41, 5.74) is 2.39. The Labute approximate surface area is 282 Å². The maximum absolute atomic E-state index is 13.4. The fourth-order valence-electron chi connectivity index (χ4n) is 4.92. The number of nitrogens with zero attached hydrogens (tertiary/aromatic N) is 2. The van der Waals surface area contributed by atoms with Crippen molar-refractivity contribution in [2.24, 2.45) is 0 Å². The van der Waals surface area contributed by atoms with Gasteiger partial charge in [-0.15, -0.1) is 0 Å². The van der Waals surface area contributed by atoms with E-state index in [1.54, 1.807) is 24.1 Å². The van der Waals surface area contributed by atoms with Crippen LogP contribution in [0.5, 0.6) is 0 Å². The summed E-state index contributed by atoms with van der Waals surface area (Å²) in [6.07, 6.45) is 2.50. The van der Waals surface area contributed by atoms with E-state index in [1.807, 2.05) is 37.4 Å². The van der Waals surface area contributed by atoms with Crippen LogP contribution < -0.4 is 10.6 Å². The summed E-state index contributed by atoms with van der Waals surface area (Å²) >= 11 is 12.2. The third-order valence-corrected chi connectivity index (χ3v) is 8.18. The number of anilines is 1. The Kier molecular flexibility index (Phi) is 18.3. The molecule has 11 nitrogen and oxygen atoms in total. The summed E-state index contributed by atoms with van der Waals surface area (Å²) in [6.45, 7) is 7.40. The van der Waals surface area contributed by atoms with Gasteiger partial charge >= 0.3 is 6.03 Å². The summed E-state index contributed by atoms with van der Waals surface area (Å²) in [7, 11) is 3.46. The molecule has 0 aliphatic carbocycles. The van der Waals surface area contributed by atoms with E-state index < -0.39 is 0 Å². The first kappa shape index (κ1) is 38.0. The number of amides is 3. The van der Waals surface area contributed by atoms with E-state index >= 15 is 0 Å². The van der Waals surface area contributed by atoms with Gasteiger partial charge in [0.25, 0.3) is 0 Å². The lowest BCUT2D eigenvalue weighted by Gasteiger charge is -2.32. The lowest BCUT2D eigenvalue weighted by molar-refractivity contribution is -0.131. The number of hydrogen-bond acceptors (Lipinski definition) is 8. The number of nitrogens with one attached hydrogen (secondary N) is 2. The van der Waals surface area contributed by atoms with Gasteiger partial charge in [-0.1, -0.05) is 41.4 Å². The van der Waals surface area contributed by atoms with Crippen molar-refractivity contribution in [1.29, 1.82) is 0 Å². The third-order valence-electron chi connectivity index (χ3n) is 7.44. The SMILES string of the molecule is COCCOCCOCCOCCOCCNC(=O)Nc1cccc([C@@H](CN2CCCC2)N(C)C(=O)Cc2ccc(Cl)c(Cl)c2)c1. The number of ether oxygens (including phenoxy) is 5. The number of carbonyl (C=O) groups excluding carboxylic acids is 2. The topological polar surface area (TPSA) is 111 Å². The van der Waals surface area contributed by atoms with Crippen LogP contribution in [-0.4, -0.2) is 122 Å². The van der Waals surface area contributed by atoms with Crippen molar-refractivity contribution < 1.29 is 33.3 Å². The predicted octanol–water partition coefficient (Wildman–Crippen LogP) is 4.67. The van der Waals surface area contributed by atoms with Crippen LogP contribution in [0.15, 0.2) is 42.5 Å². The molecule has 256 valence electrons. The molecule has 1 saturated heterocycles. The van der Waals surface area contributed by atoms with Gasteiger partial charge in [-0.2, -0.15) is 0 Å². The zero-order valence-corrected chi connectivity index (χ0v) is 28.5. The molecule has 3 amide bonds. The Morgan fingerprint density at radius 3 is 2.11 bits per heavy atom. The molecular weight excluding hydrogens is 635 g/mol. The summed E-state index contributed by atoms with van der Waals surface area (Å²) in [5, 5.41) is 6.59. The van der Waals surface area contributed by atoms with Crippen molar-refractivity contribution >= 4 is 40.8 Å². The first-order valence-electron chi connectivity index (χ1n) is 15.7. The molecule has 0 saturated carbocycles. The second-order valence-corrected chi connectivity index (χ2v) is 11.7. The van der Waals surface area contributed by atoms with E-state index in [-0.39, 0.29) is 24.4 Å². The first-order chi connectivity index (χ1) is 22.4. The minimum absolute atomic E-state index is 0.0306. The van der Waals surface area contributed by atoms with Crippen LogP contribution in [0.1, 0.15) is 30.0 Å². The highest BCUT2D eigenvalue weighted by molar-refractivity contribution is 6.42. The molecule has 2 aromatic carbocycles. The minimum atomic E-state index is -0.333. The molecule has 2 aromatic rings. The van der Waals surface area contributed by atoms with E-state index in [4.69, 9.17) is 46.9 Å². The highest BCUT2D eigenvalue weighted by atomic mass is 35.5. The second-order valence-electron chi connectivity index (χ2n) is 10.9. The van der Waals surface area contributed by atoms with E-state index in [0.717, 1.165) is 37.1 Å². The number of urea groups is 1. The summed E-state index contributed by atoms with van der Waals surface area (Å²) < 4.78 is 26.7. The largest absolute Gasteiger partial charge is 0.382 e. The quantitative estimate of drug-likeness (QED) is 0.173. The Morgan fingerprint density at radius 1 is 0.848 bits per heavy atom. The molecule has 2 N–H and O–H groups in total. The molecule has 0 radical (unpaired) electrons. The van der Waals surface area contributed by atoms with Gasteiger partial charge in [0.1, 0.15) is 0 Å². The smallest absolute Gasteiger partial charge is 0.319 e. The molecule has 1 aliphatic heterocycles. The van der Waals surface area contributed by atoms with Gasteiger partial charge in [-0.05, 0) is 61.3 Å². The van der Waals surface area contributed by atoms with Crippen LogP contribution in [0.4, 0.5) is 10.5 Å². The molecule has 3 rings (SSSR count). The molecular formula is C33H48Cl2N4O7. The van der Waals surface area contributed by atoms with Crippen LogP contribution in [0.25, 0.3) is 0 Å². The normalized spacial score (nSPS) is 13.9. The number of halogens is 2. The van der Waals surface area contributed by atoms with Gasteiger partial charge < -0.3 is 44.1 Å². The second kappa shape index (κ2) is 22.2. The zero-order chi connectivity index (χ0) is 33.0. The summed E-state index contributed by atoms with van der Waals surface area (Å²) in [6, 6.07) is 12.4. The number of likely N-dealkylation sites (N-methyl/N-ethyl adjacent to an activating group) is 1. The van der Waals surface area contributed by atoms with Gasteiger partial charge in [0.2, 0.25) is 5.91 Å². The van der Waals surface area contributed by atoms with Crippen molar-refractivity contribution in [3.05, 3.63) is 63.6 Å². The van der Waals surface area contributed by atoms with Gasteiger partial charge in [-0.3, -0.25) is 4.79 Å². The molecule has 13 heteroatoms. The standard InChI is InChI=1S/C33H48Cl2N4O7/c1-38(32(40)23-26-8-9-29(34)30(35)22-26)31(25-39-11-3-4-12-39)27-6-5-7-28(24-27)37-33(41)36-10-13-43-16-17-45-20-21-46-19-18-44-15-14-42-2/h5-9,22,24,31H,3-4,10-21,23,25H2,1-2H3,(H2,36,37,41)/t31-/m1/s1. The average Bonchev–Trinajstić information content (AvgIpc) is 3.57. The van der Waals surface area contributed by atoms with E-state index in [9.17, 15) is 9.59 Å². The molecule has 1 aliphatic rings. The van der Waals surface area contributed by atoms with Gasteiger partial charge in [0.15, 0.2) is 0 Å². The minimum Gasteiger partial charge on any atom is -0.382 e. The lowest BCUT2D eigenvalue weighted by Crippen LogP contribution is -2.39. The number of benzene rings is 2. The van der Waals surface area contributed by atoms with Crippen molar-refractivity contribution in [2.45, 2.75) is 25.3 Å². The van der Waals surface area contributed by atoms with Crippen molar-refractivity contribution in [1.82, 2.24) is 15.1 Å². The van der Waals surface area contributed by atoms with Crippen molar-refractivity contribution in [3.8, 4) is 0 Å². The molecule has 1 fully saturated rings. The van der Waals surface area contributed by atoms with E-state index in [2.05, 4.69) is 15.5 Å². The molecule has 0 bridgehead atoms. The number of carbonyl (C=O) groups is 2. The van der Waals surface area contributed by atoms with Crippen molar-refractivity contribution in [2.75, 3.05) is 105 Å². The Morgan fingerprint density at radius 2 is 1.48 bits per heavy atom. The molecule has 1 atom stereocenters.